The highest BCUT2D eigenvalue weighted by atomic mass is 16.5. The molecule has 0 spiro atoms. The highest BCUT2D eigenvalue weighted by Crippen LogP contribution is 2.19. The molecule has 0 fully saturated rings. The molecule has 0 bridgehead atoms. The fraction of sp³-hybridized carbons (Fsp3) is 0.414. The molecule has 0 aromatic heterocycles. The van der Waals surface area contributed by atoms with E-state index < -0.39 is 12.0 Å². The van der Waals surface area contributed by atoms with E-state index in [2.05, 4.69) is 10.6 Å². The molecule has 2 aromatic carbocycles. The maximum absolute atomic E-state index is 13.2. The van der Waals surface area contributed by atoms with E-state index >= 15 is 0 Å². The van der Waals surface area contributed by atoms with Gasteiger partial charge in [0.05, 0.1) is 24.5 Å². The zero-order valence-electron chi connectivity index (χ0n) is 20.8. The van der Waals surface area contributed by atoms with Gasteiger partial charge in [0.2, 0.25) is 11.8 Å². The number of amides is 2. The predicted molar refractivity (Wildman–Crippen MR) is 138 cm³/mol. The summed E-state index contributed by atoms with van der Waals surface area (Å²) in [6.45, 7) is 1.58. The maximum atomic E-state index is 13.2. The van der Waals surface area contributed by atoms with Crippen molar-refractivity contribution < 1.29 is 24.2 Å². The molecule has 0 unspecified atom stereocenters. The minimum absolute atomic E-state index is 0.00576. The van der Waals surface area contributed by atoms with E-state index in [1.807, 2.05) is 72.8 Å². The zero-order chi connectivity index (χ0) is 25.8. The zero-order valence-corrected chi connectivity index (χ0v) is 20.8. The van der Waals surface area contributed by atoms with Gasteiger partial charge < -0.3 is 20.5 Å². The van der Waals surface area contributed by atoms with Gasteiger partial charge in [-0.3, -0.25) is 14.4 Å². The van der Waals surface area contributed by atoms with E-state index in [0.29, 0.717) is 25.7 Å². The van der Waals surface area contributed by atoms with Crippen LogP contribution in [0.4, 0.5) is 0 Å². The molecule has 1 aliphatic heterocycles. The molecule has 2 amide bonds. The Balaban J connectivity index is 1.79. The molecular formula is C29H36N2O5. The Morgan fingerprint density at radius 3 is 2.17 bits per heavy atom. The number of allylic oxidation sites excluding steroid dienone is 2. The van der Waals surface area contributed by atoms with E-state index in [4.69, 9.17) is 4.74 Å². The minimum Gasteiger partial charge on any atom is -0.463 e. The number of ether oxygens (including phenoxy) is 1. The van der Waals surface area contributed by atoms with Gasteiger partial charge in [0.25, 0.3) is 0 Å². The van der Waals surface area contributed by atoms with Gasteiger partial charge >= 0.3 is 5.97 Å². The van der Waals surface area contributed by atoms with Crippen LogP contribution in [0.3, 0.4) is 0 Å². The van der Waals surface area contributed by atoms with E-state index in [1.165, 1.54) is 0 Å². The van der Waals surface area contributed by atoms with Crippen LogP contribution in [-0.4, -0.2) is 48.2 Å². The molecule has 7 nitrogen and oxygen atoms in total. The smallest absolute Gasteiger partial charge is 0.309 e. The molecular weight excluding hydrogens is 456 g/mol. The van der Waals surface area contributed by atoms with Gasteiger partial charge in [0, 0.05) is 12.5 Å². The molecule has 0 radical (unpaired) electrons. The summed E-state index contributed by atoms with van der Waals surface area (Å²) >= 11 is 0. The van der Waals surface area contributed by atoms with Crippen molar-refractivity contribution >= 4 is 17.8 Å². The number of aliphatic hydroxyl groups is 1. The van der Waals surface area contributed by atoms with E-state index in [1.54, 1.807) is 6.92 Å². The first-order valence-corrected chi connectivity index (χ1v) is 12.5. The Kier molecular flexibility index (Phi) is 10.7. The lowest BCUT2D eigenvalue weighted by atomic mass is 9.94. The Morgan fingerprint density at radius 2 is 1.56 bits per heavy atom. The van der Waals surface area contributed by atoms with E-state index in [0.717, 1.165) is 11.1 Å². The lowest BCUT2D eigenvalue weighted by Gasteiger charge is -2.24. The molecule has 1 heterocycles. The Bertz CT molecular complexity index is 1010. The van der Waals surface area contributed by atoms with Gasteiger partial charge in [-0.1, -0.05) is 72.8 Å². The minimum atomic E-state index is -0.576. The second kappa shape index (κ2) is 14.2. The van der Waals surface area contributed by atoms with Crippen LogP contribution in [0.1, 0.15) is 37.3 Å². The molecule has 3 rings (SSSR count). The maximum Gasteiger partial charge on any atom is 0.309 e. The van der Waals surface area contributed by atoms with E-state index in [-0.39, 0.29) is 49.4 Å². The first kappa shape index (κ1) is 27.1. The first-order valence-electron chi connectivity index (χ1n) is 12.5. The Labute approximate surface area is 212 Å². The number of carbonyl (C=O) groups is 3. The highest BCUT2D eigenvalue weighted by molar-refractivity contribution is 5.86. The normalized spacial score (nSPS) is 21.9. The number of hydrogen-bond acceptors (Lipinski definition) is 5. The molecule has 0 saturated carbocycles. The SMILES string of the molecule is C[C@H](CO)NC(=O)C[C@H]1CC=CC[C@@H](Cc2ccccc2)C(=O)OC[C@H](Cc2ccccc2)NC1=O. The monoisotopic (exact) mass is 492 g/mol. The molecule has 1 aliphatic rings. The number of benzene rings is 2. The van der Waals surface area contributed by atoms with E-state index in [9.17, 15) is 19.5 Å². The lowest BCUT2D eigenvalue weighted by molar-refractivity contribution is -0.150. The molecule has 36 heavy (non-hydrogen) atoms. The van der Waals surface area contributed by atoms with Crippen molar-refractivity contribution in [3.05, 3.63) is 83.9 Å². The fourth-order valence-corrected chi connectivity index (χ4v) is 4.24. The topological polar surface area (TPSA) is 105 Å². The molecule has 7 heteroatoms. The van der Waals surface area contributed by atoms with Crippen LogP contribution in [0.15, 0.2) is 72.8 Å². The average molecular weight is 493 g/mol. The van der Waals surface area contributed by atoms with Crippen molar-refractivity contribution in [2.75, 3.05) is 13.2 Å². The van der Waals surface area contributed by atoms with Crippen molar-refractivity contribution in [3.8, 4) is 0 Å². The lowest BCUT2D eigenvalue weighted by Crippen LogP contribution is -2.45. The summed E-state index contributed by atoms with van der Waals surface area (Å²) in [5, 5.41) is 15.0. The number of nitrogens with one attached hydrogen (secondary N) is 2. The van der Waals surface area contributed by atoms with Crippen molar-refractivity contribution in [2.45, 2.75) is 51.1 Å². The van der Waals surface area contributed by atoms with Crippen molar-refractivity contribution in [3.63, 3.8) is 0 Å². The molecule has 192 valence electrons. The third kappa shape index (κ3) is 8.96. The van der Waals surface area contributed by atoms with Crippen molar-refractivity contribution in [1.29, 1.82) is 0 Å². The predicted octanol–water partition coefficient (Wildman–Crippen LogP) is 2.97. The Morgan fingerprint density at radius 1 is 0.972 bits per heavy atom. The van der Waals surface area contributed by atoms with Gasteiger partial charge in [0.15, 0.2) is 0 Å². The number of rotatable bonds is 8. The van der Waals surface area contributed by atoms with Crippen LogP contribution in [0.5, 0.6) is 0 Å². The third-order valence-corrected chi connectivity index (χ3v) is 6.25. The van der Waals surface area contributed by atoms with Gasteiger partial charge in [0.1, 0.15) is 6.61 Å². The largest absolute Gasteiger partial charge is 0.463 e. The number of cyclic esters (lactones) is 1. The summed E-state index contributed by atoms with van der Waals surface area (Å²) in [7, 11) is 0. The molecule has 2 aromatic rings. The summed E-state index contributed by atoms with van der Waals surface area (Å²) in [6.07, 6.45) is 5.69. The summed E-state index contributed by atoms with van der Waals surface area (Å²) in [5.41, 5.74) is 2.07. The van der Waals surface area contributed by atoms with Gasteiger partial charge in [-0.25, -0.2) is 0 Å². The number of carbonyl (C=O) groups excluding carboxylic acids is 3. The Hall–Kier alpha value is -3.45. The molecule has 3 N–H and O–H groups in total. The van der Waals surface area contributed by atoms with Crippen LogP contribution in [0.25, 0.3) is 0 Å². The molecule has 0 saturated heterocycles. The molecule has 4 atom stereocenters. The summed E-state index contributed by atoms with van der Waals surface area (Å²) in [4.78, 5) is 38.7. The summed E-state index contributed by atoms with van der Waals surface area (Å²) in [5.74, 6) is -1.75. The van der Waals surface area contributed by atoms with Crippen LogP contribution in [0.2, 0.25) is 0 Å². The summed E-state index contributed by atoms with van der Waals surface area (Å²) < 4.78 is 5.72. The molecule has 0 aliphatic carbocycles. The number of aliphatic hydroxyl groups excluding tert-OH is 1. The fourth-order valence-electron chi connectivity index (χ4n) is 4.24. The van der Waals surface area contributed by atoms with Gasteiger partial charge in [-0.05, 0) is 43.7 Å². The third-order valence-electron chi connectivity index (χ3n) is 6.25. The van der Waals surface area contributed by atoms with Crippen LogP contribution in [0, 0.1) is 11.8 Å². The standard InChI is InChI=1S/C29H36N2O5/c1-21(19-32)30-27(33)18-24-14-8-9-15-25(16-22-10-4-2-5-11-22)29(35)36-20-26(31-28(24)34)17-23-12-6-3-7-13-23/h2-13,21,24-26,32H,14-20H2,1H3,(H,30,33)(H,31,34)/t21-,24-,25+,26+/m1/s1. The van der Waals surface area contributed by atoms with Crippen molar-refractivity contribution in [2.24, 2.45) is 11.8 Å². The van der Waals surface area contributed by atoms with Crippen LogP contribution < -0.4 is 10.6 Å². The van der Waals surface area contributed by atoms with Crippen molar-refractivity contribution in [1.82, 2.24) is 10.6 Å². The first-order chi connectivity index (χ1) is 17.4. The summed E-state index contributed by atoms with van der Waals surface area (Å²) in [6, 6.07) is 18.7. The second-order valence-electron chi connectivity index (χ2n) is 9.41. The van der Waals surface area contributed by atoms with Gasteiger partial charge in [-0.2, -0.15) is 0 Å². The average Bonchev–Trinajstić information content (AvgIpc) is 2.88. The quantitative estimate of drug-likeness (QED) is 0.388. The highest BCUT2D eigenvalue weighted by Gasteiger charge is 2.27. The van der Waals surface area contributed by atoms with Gasteiger partial charge in [-0.15, -0.1) is 0 Å². The van der Waals surface area contributed by atoms with Crippen LogP contribution >= 0.6 is 0 Å². The number of esters is 1. The second-order valence-corrected chi connectivity index (χ2v) is 9.41. The number of hydrogen-bond donors (Lipinski definition) is 3. The van der Waals surface area contributed by atoms with Crippen LogP contribution in [-0.2, 0) is 32.0 Å².